The van der Waals surface area contributed by atoms with Crippen molar-refractivity contribution in [1.82, 2.24) is 0 Å². The summed E-state index contributed by atoms with van der Waals surface area (Å²) in [4.78, 5) is 2.51. The number of hydrogen-bond donors (Lipinski definition) is 1. The lowest BCUT2D eigenvalue weighted by Gasteiger charge is -2.36. The van der Waals surface area contributed by atoms with Gasteiger partial charge in [-0.3, -0.25) is 0 Å². The van der Waals surface area contributed by atoms with Crippen molar-refractivity contribution in [3.05, 3.63) is 29.8 Å². The molecule has 2 nitrogen and oxygen atoms in total. The minimum atomic E-state index is 0.179. The fraction of sp³-hybridized carbons (Fsp3) is 0.625. The van der Waals surface area contributed by atoms with E-state index in [1.165, 1.54) is 30.8 Å². The lowest BCUT2D eigenvalue weighted by molar-refractivity contribution is 0.357. The highest BCUT2D eigenvalue weighted by Gasteiger charge is 2.21. The molecule has 0 radical (unpaired) electrons. The Hall–Kier alpha value is -1.02. The van der Waals surface area contributed by atoms with E-state index in [4.69, 9.17) is 5.73 Å². The monoisotopic (exact) mass is 246 g/mol. The van der Waals surface area contributed by atoms with Crippen LogP contribution in [0.15, 0.2) is 24.3 Å². The first kappa shape index (κ1) is 13.4. The van der Waals surface area contributed by atoms with Crippen molar-refractivity contribution in [3.63, 3.8) is 0 Å². The number of rotatable bonds is 3. The first-order chi connectivity index (χ1) is 8.60. The van der Waals surface area contributed by atoms with E-state index in [9.17, 15) is 0 Å². The maximum Gasteiger partial charge on any atom is 0.0366 e. The highest BCUT2D eigenvalue weighted by atomic mass is 15.1. The zero-order valence-corrected chi connectivity index (χ0v) is 11.9. The third kappa shape index (κ3) is 3.05. The minimum absolute atomic E-state index is 0.179. The van der Waals surface area contributed by atoms with Gasteiger partial charge in [0.15, 0.2) is 0 Å². The van der Waals surface area contributed by atoms with Gasteiger partial charge in [-0.15, -0.1) is 0 Å². The van der Waals surface area contributed by atoms with E-state index in [0.29, 0.717) is 0 Å². The summed E-state index contributed by atoms with van der Waals surface area (Å²) >= 11 is 0. The average molecular weight is 246 g/mol. The van der Waals surface area contributed by atoms with Crippen LogP contribution in [0.25, 0.3) is 0 Å². The molecular formula is C16H26N2. The standard InChI is InChI=1S/C16H26N2/c1-4-16(17)14-5-7-15(8-6-14)18-10-12(2)9-13(3)11-18/h5-8,12-13,16H,4,9-11,17H2,1-3H3/t12?,13?,16-/m1/s1. The van der Waals surface area contributed by atoms with Crippen molar-refractivity contribution in [1.29, 1.82) is 0 Å². The molecule has 1 aliphatic heterocycles. The van der Waals surface area contributed by atoms with Crippen LogP contribution in [-0.4, -0.2) is 13.1 Å². The van der Waals surface area contributed by atoms with Gasteiger partial charge in [0.1, 0.15) is 0 Å². The molecule has 3 atom stereocenters. The number of nitrogens with two attached hydrogens (primary N) is 1. The van der Waals surface area contributed by atoms with Crippen molar-refractivity contribution in [2.45, 2.75) is 39.7 Å². The molecule has 1 heterocycles. The normalized spacial score (nSPS) is 26.1. The summed E-state index contributed by atoms with van der Waals surface area (Å²) in [5, 5.41) is 0. The summed E-state index contributed by atoms with van der Waals surface area (Å²) in [5.41, 5.74) is 8.65. The van der Waals surface area contributed by atoms with Crippen LogP contribution < -0.4 is 10.6 Å². The quantitative estimate of drug-likeness (QED) is 0.883. The largest absolute Gasteiger partial charge is 0.371 e. The van der Waals surface area contributed by atoms with Crippen LogP contribution >= 0.6 is 0 Å². The molecule has 2 heteroatoms. The predicted molar refractivity (Wildman–Crippen MR) is 78.8 cm³/mol. The van der Waals surface area contributed by atoms with Crippen molar-refractivity contribution >= 4 is 5.69 Å². The van der Waals surface area contributed by atoms with Gasteiger partial charge in [-0.1, -0.05) is 32.9 Å². The molecule has 0 saturated carbocycles. The molecule has 0 spiro atoms. The van der Waals surface area contributed by atoms with Gasteiger partial charge in [-0.25, -0.2) is 0 Å². The second kappa shape index (κ2) is 5.75. The van der Waals surface area contributed by atoms with Gasteiger partial charge in [0, 0.05) is 24.8 Å². The SMILES string of the molecule is CC[C@@H](N)c1ccc(N2CC(C)CC(C)C2)cc1. The molecule has 18 heavy (non-hydrogen) atoms. The molecule has 1 aliphatic rings. The molecular weight excluding hydrogens is 220 g/mol. The Morgan fingerprint density at radius 3 is 2.22 bits per heavy atom. The molecule has 2 unspecified atom stereocenters. The average Bonchev–Trinajstić information content (AvgIpc) is 2.37. The second-order valence-electron chi connectivity index (χ2n) is 5.96. The molecule has 1 aromatic rings. The lowest BCUT2D eigenvalue weighted by atomic mass is 9.91. The van der Waals surface area contributed by atoms with E-state index in [1.54, 1.807) is 0 Å². The summed E-state index contributed by atoms with van der Waals surface area (Å²) in [7, 11) is 0. The van der Waals surface area contributed by atoms with Crippen LogP contribution in [0, 0.1) is 11.8 Å². The van der Waals surface area contributed by atoms with Crippen LogP contribution in [0.5, 0.6) is 0 Å². The molecule has 2 N–H and O–H groups in total. The van der Waals surface area contributed by atoms with E-state index < -0.39 is 0 Å². The second-order valence-corrected chi connectivity index (χ2v) is 5.96. The van der Waals surface area contributed by atoms with Gasteiger partial charge in [0.25, 0.3) is 0 Å². The van der Waals surface area contributed by atoms with Crippen LogP contribution in [-0.2, 0) is 0 Å². The number of benzene rings is 1. The van der Waals surface area contributed by atoms with Crippen molar-refractivity contribution < 1.29 is 0 Å². The summed E-state index contributed by atoms with van der Waals surface area (Å²) in [6.07, 6.45) is 2.35. The van der Waals surface area contributed by atoms with E-state index >= 15 is 0 Å². The Kier molecular flexibility index (Phi) is 4.28. The van der Waals surface area contributed by atoms with Crippen molar-refractivity contribution in [2.75, 3.05) is 18.0 Å². The molecule has 1 saturated heterocycles. The third-order valence-corrected chi connectivity index (χ3v) is 4.00. The van der Waals surface area contributed by atoms with Gasteiger partial charge in [-0.05, 0) is 42.4 Å². The van der Waals surface area contributed by atoms with Gasteiger partial charge in [0.2, 0.25) is 0 Å². The predicted octanol–water partition coefficient (Wildman–Crippen LogP) is 3.58. The number of piperidine rings is 1. The molecule has 1 fully saturated rings. The molecule has 1 aromatic carbocycles. The van der Waals surface area contributed by atoms with Crippen LogP contribution in [0.4, 0.5) is 5.69 Å². The molecule has 0 aliphatic carbocycles. The Bertz CT molecular complexity index is 361. The maximum absolute atomic E-state index is 6.05. The Labute approximate surface area is 111 Å². The number of anilines is 1. The molecule has 0 aromatic heterocycles. The van der Waals surface area contributed by atoms with Gasteiger partial charge >= 0.3 is 0 Å². The zero-order chi connectivity index (χ0) is 13.1. The first-order valence-electron chi connectivity index (χ1n) is 7.20. The zero-order valence-electron chi connectivity index (χ0n) is 11.9. The maximum atomic E-state index is 6.05. The van der Waals surface area contributed by atoms with E-state index in [1.807, 2.05) is 0 Å². The Morgan fingerprint density at radius 2 is 1.72 bits per heavy atom. The van der Waals surface area contributed by atoms with Crippen molar-refractivity contribution in [3.8, 4) is 0 Å². The highest BCUT2D eigenvalue weighted by Crippen LogP contribution is 2.27. The lowest BCUT2D eigenvalue weighted by Crippen LogP contribution is -2.38. The summed E-state index contributed by atoms with van der Waals surface area (Å²) in [6.45, 7) is 9.20. The summed E-state index contributed by atoms with van der Waals surface area (Å²) in [6, 6.07) is 9.02. The van der Waals surface area contributed by atoms with Gasteiger partial charge in [0.05, 0.1) is 0 Å². The van der Waals surface area contributed by atoms with Crippen LogP contribution in [0.2, 0.25) is 0 Å². The molecule has 2 rings (SSSR count). The van der Waals surface area contributed by atoms with E-state index in [0.717, 1.165) is 18.3 Å². The van der Waals surface area contributed by atoms with Gasteiger partial charge < -0.3 is 10.6 Å². The first-order valence-corrected chi connectivity index (χ1v) is 7.20. The molecule has 0 bridgehead atoms. The summed E-state index contributed by atoms with van der Waals surface area (Å²) in [5.74, 6) is 1.60. The third-order valence-electron chi connectivity index (χ3n) is 4.00. The Balaban J connectivity index is 2.09. The molecule has 0 amide bonds. The fourth-order valence-electron chi connectivity index (χ4n) is 3.04. The smallest absolute Gasteiger partial charge is 0.0366 e. The van der Waals surface area contributed by atoms with E-state index in [2.05, 4.69) is 49.9 Å². The number of hydrogen-bond acceptors (Lipinski definition) is 2. The fourth-order valence-corrected chi connectivity index (χ4v) is 3.04. The topological polar surface area (TPSA) is 29.3 Å². The minimum Gasteiger partial charge on any atom is -0.371 e. The van der Waals surface area contributed by atoms with E-state index in [-0.39, 0.29) is 6.04 Å². The van der Waals surface area contributed by atoms with Crippen LogP contribution in [0.1, 0.15) is 45.2 Å². The number of nitrogens with zero attached hydrogens (tertiary/aromatic N) is 1. The highest BCUT2D eigenvalue weighted by molar-refractivity contribution is 5.48. The van der Waals surface area contributed by atoms with Gasteiger partial charge in [-0.2, -0.15) is 0 Å². The molecule has 100 valence electrons. The van der Waals surface area contributed by atoms with Crippen LogP contribution in [0.3, 0.4) is 0 Å². The summed E-state index contributed by atoms with van der Waals surface area (Å²) < 4.78 is 0. The van der Waals surface area contributed by atoms with Crippen molar-refractivity contribution in [2.24, 2.45) is 17.6 Å². The Morgan fingerprint density at radius 1 is 1.17 bits per heavy atom.